The molecule has 17 aromatic carbocycles. The number of fused-ring (bicyclic) bond motifs is 9. The lowest BCUT2D eigenvalue weighted by Gasteiger charge is -2.09. The fraction of sp³-hybridized carbons (Fsp3) is 0.122. The van der Waals surface area contributed by atoms with Crippen LogP contribution in [0.4, 0.5) is 0 Å². The summed E-state index contributed by atoms with van der Waals surface area (Å²) in [5, 5.41) is 69.0. The number of aliphatic hydroxyl groups is 2. The lowest BCUT2D eigenvalue weighted by Crippen LogP contribution is -2.13. The zero-order valence-corrected chi connectivity index (χ0v) is 84.5. The Morgan fingerprint density at radius 2 is 0.633 bits per heavy atom. The van der Waals surface area contributed by atoms with E-state index in [-0.39, 0.29) is 47.3 Å². The molecule has 4 N–H and O–H groups in total. The topological polar surface area (TPSA) is 296 Å². The molecule has 3 aromatic heterocycles. The maximum atomic E-state index is 12.3. The first kappa shape index (κ1) is 108. The molecule has 0 amide bonds. The third-order valence-corrected chi connectivity index (χ3v) is 26.2. The van der Waals surface area contributed by atoms with Gasteiger partial charge in [0.05, 0.1) is 84.5 Å². The van der Waals surface area contributed by atoms with E-state index in [2.05, 4.69) is 184 Å². The third-order valence-electron chi connectivity index (χ3n) is 22.8. The number of aryl methyl sites for hydroxylation is 3. The second-order valence-electron chi connectivity index (χ2n) is 32.5. The summed E-state index contributed by atoms with van der Waals surface area (Å²) in [5.74, 6) is 4.89. The van der Waals surface area contributed by atoms with E-state index in [1.54, 1.807) is 72.8 Å². The largest absolute Gasteiger partial charge is 0.508 e. The predicted octanol–water partition coefficient (Wildman–Crippen LogP) is 28.0. The van der Waals surface area contributed by atoms with Gasteiger partial charge in [0.15, 0.2) is 0 Å². The zero-order valence-electron chi connectivity index (χ0n) is 80.5. The number of hydrogen-bond donors (Lipinski definition) is 4. The van der Waals surface area contributed by atoms with Crippen LogP contribution in [0.2, 0.25) is 0 Å². The van der Waals surface area contributed by atoms with Gasteiger partial charge in [-0.25, -0.2) is 0 Å². The Morgan fingerprint density at radius 3 is 0.980 bits per heavy atom. The van der Waals surface area contributed by atoms with Crippen molar-refractivity contribution in [2.75, 3.05) is 76.1 Å². The Balaban J connectivity index is 0.000000144. The number of nitrogens with zero attached hydrogens (tertiary/aromatic N) is 6. The first-order chi connectivity index (χ1) is 72.0. The summed E-state index contributed by atoms with van der Waals surface area (Å²) in [5.41, 5.74) is 20.7. The molecule has 0 saturated carbocycles. The van der Waals surface area contributed by atoms with Gasteiger partial charge < -0.3 is 48.4 Å². The molecular formula is C123H105Cl2N7O12S3. The number of phenolic OH excluding ortho intramolecular Hbond substituents is 1. The molecule has 0 atom stereocenters. The van der Waals surface area contributed by atoms with Gasteiger partial charge in [-0.1, -0.05) is 308 Å². The Bertz CT molecular complexity index is 7740. The fourth-order valence-corrected chi connectivity index (χ4v) is 18.1. The minimum Gasteiger partial charge on any atom is -0.508 e. The number of aromatic nitrogens is 3. The Hall–Kier alpha value is -16.3. The number of carbonyl (C=O) groups excluding carboxylic acids is 2. The van der Waals surface area contributed by atoms with Gasteiger partial charge in [-0.05, 0) is 197 Å². The summed E-state index contributed by atoms with van der Waals surface area (Å²) in [4.78, 5) is 27.8. The van der Waals surface area contributed by atoms with Crippen LogP contribution >= 0.6 is 46.7 Å². The highest BCUT2D eigenvalue weighted by Gasteiger charge is 2.18. The molecule has 20 aromatic rings. The number of halogens is 2. The lowest BCUT2D eigenvalue weighted by molar-refractivity contribution is 0.103. The van der Waals surface area contributed by atoms with E-state index in [9.17, 15) is 18.0 Å². The van der Waals surface area contributed by atoms with Gasteiger partial charge in [0.1, 0.15) is 42.8 Å². The fourth-order valence-electron chi connectivity index (χ4n) is 15.5. The van der Waals surface area contributed by atoms with E-state index in [0.717, 1.165) is 86.0 Å². The molecule has 19 nitrogen and oxygen atoms in total. The molecule has 24 heteroatoms. The van der Waals surface area contributed by atoms with Gasteiger partial charge in [0.25, 0.3) is 10.1 Å². The molecule has 0 fully saturated rings. The van der Waals surface area contributed by atoms with Crippen LogP contribution in [-0.2, 0) is 32.1 Å². The highest BCUT2D eigenvalue weighted by molar-refractivity contribution is 8.14. The monoisotopic (exact) mass is 2040 g/mol. The average Bonchev–Trinajstić information content (AvgIpc) is 1.65. The molecule has 0 unspecified atom stereocenters. The molecule has 0 saturated heterocycles. The molecule has 0 spiro atoms. The van der Waals surface area contributed by atoms with Gasteiger partial charge in [-0.15, -0.1) is 23.2 Å². The highest BCUT2D eigenvalue weighted by Crippen LogP contribution is 2.34. The predicted molar refractivity (Wildman–Crippen MR) is 596 cm³/mol. The zero-order chi connectivity index (χ0) is 103. The number of rotatable bonds is 28. The van der Waals surface area contributed by atoms with E-state index in [0.29, 0.717) is 77.5 Å². The van der Waals surface area contributed by atoms with Crippen molar-refractivity contribution >= 4 is 132 Å². The van der Waals surface area contributed by atoms with Crippen LogP contribution in [0, 0.1) is 52.2 Å². The van der Waals surface area contributed by atoms with E-state index in [4.69, 9.17) is 82.7 Å². The van der Waals surface area contributed by atoms with Crippen LogP contribution in [0.5, 0.6) is 23.0 Å². The van der Waals surface area contributed by atoms with Crippen molar-refractivity contribution in [1.82, 2.24) is 14.1 Å². The number of ether oxygens (including phenoxy) is 4. The number of aromatic amines is 1. The van der Waals surface area contributed by atoms with Crippen molar-refractivity contribution < 1.29 is 56.5 Å². The van der Waals surface area contributed by atoms with Crippen molar-refractivity contribution in [1.29, 1.82) is 21.0 Å². The molecule has 147 heavy (non-hydrogen) atoms. The van der Waals surface area contributed by atoms with Crippen LogP contribution in [0.15, 0.2) is 430 Å². The molecular weight excluding hydrogens is 1930 g/mol. The first-order valence-corrected chi connectivity index (χ1v) is 51.6. The Labute approximate surface area is 874 Å². The van der Waals surface area contributed by atoms with Crippen LogP contribution in [0.25, 0.3) is 110 Å². The number of phenols is 1. The van der Waals surface area contributed by atoms with Gasteiger partial charge in [-0.3, -0.25) is 13.8 Å². The van der Waals surface area contributed by atoms with E-state index in [1.165, 1.54) is 101 Å². The van der Waals surface area contributed by atoms with E-state index in [1.807, 2.05) is 201 Å². The van der Waals surface area contributed by atoms with Crippen molar-refractivity contribution in [3.05, 3.63) is 464 Å². The number of para-hydroxylation sites is 6. The number of hydrogen-bond acceptors (Lipinski definition) is 18. The normalized spacial score (nSPS) is 10.5. The average molecular weight is 2040 g/mol. The Morgan fingerprint density at radius 1 is 0.327 bits per heavy atom. The highest BCUT2D eigenvalue weighted by atomic mass is 35.5. The van der Waals surface area contributed by atoms with Crippen molar-refractivity contribution in [3.8, 4) is 91.8 Å². The van der Waals surface area contributed by atoms with Crippen LogP contribution in [0.3, 0.4) is 0 Å². The summed E-state index contributed by atoms with van der Waals surface area (Å²) in [6.07, 6.45) is 0. The van der Waals surface area contributed by atoms with E-state index >= 15 is 0 Å². The maximum Gasteiger partial charge on any atom is 0.297 e. The molecule has 736 valence electrons. The number of nitrogens with one attached hydrogen (secondary N) is 1. The number of nitriles is 4. The van der Waals surface area contributed by atoms with Gasteiger partial charge in [-0.2, -0.15) is 29.5 Å². The number of aliphatic hydroxyl groups excluding tert-OH is 2. The second-order valence-corrected chi connectivity index (χ2v) is 37.0. The standard InChI is InChI=1S/C22H19NO4S.C22H17NO2S.C21H17NOS.C15H13NO2.C14H12ClN.C13H9NO.C12H9N.C4H9ClO2/c1-17-2-12-22(13-3-17)28(24,25)27-15-14-26-21-10-8-20(9-11-21)19-6-4-18(16-23)5-7-19;23-16-17-6-8-18(9-7-17)19-10-12-21(13-11-19)25-14-15-26-22(24)20-4-2-1-3-5-20;23-21(16-8-2-1-3-9-16)24-15-14-22-19-12-6-4-10-17(19)18-11-5-7-13-20(18)22;16-11-12-1-3-13(4-2-12)14-5-7-15(8-6-14)18-10-9-17;15-9-10-16-13-7-3-1-5-11(13)12-6-2-4-8-14(12)16;14-9-10-1-3-11(4-2-10)12-5-7-13(15)8-6-12;1-3-7-11-9(5-1)10-6-2-4-8-12(10)13-11;5-1-3-7-4-2-6/h2-13H,14-15H2,1H3;1-13H,14-15H2;1-13H,14-15H2;1-8,17H,9-10H2;1-8H,9-10H2;1-8,15H;1-8,13H;6H,1-4H2. The number of H-pyrrole nitrogens is 1. The minimum atomic E-state index is -3.78. The first-order valence-electron chi connectivity index (χ1n) is 47.2. The number of aromatic hydroxyl groups is 1. The number of carbonyl (C=O) groups is 2. The minimum absolute atomic E-state index is 0.0113. The van der Waals surface area contributed by atoms with Gasteiger partial charge >= 0.3 is 0 Å². The second kappa shape index (κ2) is 57.3. The molecule has 0 aliphatic carbocycles. The number of benzene rings is 17. The van der Waals surface area contributed by atoms with Gasteiger partial charge in [0, 0.05) is 113 Å². The molecule has 20 rings (SSSR count). The molecule has 0 aliphatic rings. The third kappa shape index (κ3) is 31.9. The molecule has 3 heterocycles. The number of thioether (sulfide) groups is 2. The SMILES string of the molecule is Cc1ccc(S(=O)(=O)OCCOc2ccc(-c3ccc(C#N)cc3)cc2)cc1.ClCCn1c2ccccc2c2ccccc21.N#Cc1ccc(-c2ccc(O)cc2)cc1.N#Cc1ccc(-c2ccc(OCCO)cc2)cc1.N#Cc1ccc(-c2ccc(OCCSC(=O)c3ccccc3)cc2)cc1.O=C(SCCn1c2ccccc2c2ccccc21)c1ccccc1.OCCOCCCl.c1ccc2c(c1)[nH]c1ccccc12. The van der Waals surface area contributed by atoms with Crippen molar-refractivity contribution in [2.45, 2.75) is 24.9 Å². The van der Waals surface area contributed by atoms with Gasteiger partial charge in [0.2, 0.25) is 10.2 Å². The van der Waals surface area contributed by atoms with Crippen LogP contribution < -0.4 is 14.2 Å². The van der Waals surface area contributed by atoms with Crippen LogP contribution in [0.1, 0.15) is 48.5 Å². The van der Waals surface area contributed by atoms with Crippen LogP contribution in [-0.4, -0.2) is 124 Å². The summed E-state index contributed by atoms with van der Waals surface area (Å²) in [7, 11) is -3.78. The molecule has 0 aliphatic heterocycles. The summed E-state index contributed by atoms with van der Waals surface area (Å²) < 4.78 is 55.1. The van der Waals surface area contributed by atoms with Crippen molar-refractivity contribution in [3.63, 3.8) is 0 Å². The number of alkyl halides is 2. The van der Waals surface area contributed by atoms with Crippen molar-refractivity contribution in [2.24, 2.45) is 0 Å². The summed E-state index contributed by atoms with van der Waals surface area (Å²) in [6, 6.07) is 144. The Kier molecular flexibility index (Phi) is 42.1. The lowest BCUT2D eigenvalue weighted by atomic mass is 10.0. The maximum absolute atomic E-state index is 12.3. The summed E-state index contributed by atoms with van der Waals surface area (Å²) in [6.45, 7) is 5.39. The quantitative estimate of drug-likeness (QED) is 0.0201. The summed E-state index contributed by atoms with van der Waals surface area (Å²) >= 11 is 13.8. The van der Waals surface area contributed by atoms with E-state index < -0.39 is 10.1 Å². The molecule has 0 radical (unpaired) electrons. The molecule has 0 bridgehead atoms. The smallest absolute Gasteiger partial charge is 0.297 e.